The van der Waals surface area contributed by atoms with E-state index >= 15 is 0 Å². The first-order valence-electron chi connectivity index (χ1n) is 7.53. The monoisotopic (exact) mass is 329 g/mol. The molecule has 23 heavy (non-hydrogen) atoms. The Balaban J connectivity index is 1.53. The fourth-order valence-electron chi connectivity index (χ4n) is 3.11. The molecule has 0 atom stereocenters. The molecule has 118 valence electrons. The summed E-state index contributed by atoms with van der Waals surface area (Å²) in [5, 5.41) is 3.99. The number of pyridine rings is 2. The molecule has 1 fully saturated rings. The number of nitrogens with one attached hydrogen (secondary N) is 1. The summed E-state index contributed by atoms with van der Waals surface area (Å²) >= 11 is 5.84. The maximum Gasteiger partial charge on any atom is 0.330 e. The van der Waals surface area contributed by atoms with E-state index in [1.165, 1.54) is 0 Å². The van der Waals surface area contributed by atoms with Crippen LogP contribution in [-0.4, -0.2) is 25.1 Å². The highest BCUT2D eigenvalue weighted by molar-refractivity contribution is 6.30. The Morgan fingerprint density at radius 3 is 2.83 bits per heavy atom. The average molecular weight is 330 g/mol. The molecule has 1 aliphatic rings. The summed E-state index contributed by atoms with van der Waals surface area (Å²) in [7, 11) is 1.79. The molecule has 1 aliphatic carbocycles. The normalized spacial score (nSPS) is 20.4. The van der Waals surface area contributed by atoms with Crippen LogP contribution in [0.5, 0.6) is 0 Å². The lowest BCUT2D eigenvalue weighted by atomic mass is 9.86. The maximum atomic E-state index is 12.5. The molecule has 7 heteroatoms. The Hall–Kier alpha value is -2.34. The average Bonchev–Trinajstić information content (AvgIpc) is 2.77. The Bertz CT molecular complexity index is 908. The minimum absolute atomic E-state index is 0.00762. The molecule has 0 unspecified atom stereocenters. The molecule has 0 saturated heterocycles. The third-order valence-corrected chi connectivity index (χ3v) is 4.63. The molecular weight excluding hydrogens is 314 g/mol. The van der Waals surface area contributed by atoms with E-state index in [0.29, 0.717) is 11.1 Å². The Morgan fingerprint density at radius 1 is 1.26 bits per heavy atom. The molecule has 3 aromatic rings. The number of imidazole rings is 1. The molecule has 3 aromatic heterocycles. The third kappa shape index (κ3) is 2.39. The van der Waals surface area contributed by atoms with Crippen molar-refractivity contribution in [1.82, 2.24) is 19.1 Å². The van der Waals surface area contributed by atoms with Crippen molar-refractivity contribution in [2.45, 2.75) is 24.9 Å². The van der Waals surface area contributed by atoms with Gasteiger partial charge in [-0.3, -0.25) is 9.13 Å². The molecule has 0 amide bonds. The van der Waals surface area contributed by atoms with Gasteiger partial charge in [-0.05, 0) is 37.1 Å². The van der Waals surface area contributed by atoms with Gasteiger partial charge in [0.1, 0.15) is 5.82 Å². The van der Waals surface area contributed by atoms with Crippen LogP contribution in [0.25, 0.3) is 11.2 Å². The van der Waals surface area contributed by atoms with E-state index in [9.17, 15) is 4.79 Å². The number of fused-ring (bicyclic) bond motifs is 1. The lowest BCUT2D eigenvalue weighted by molar-refractivity contribution is 0.280. The molecule has 6 nitrogen and oxygen atoms in total. The fourth-order valence-corrected chi connectivity index (χ4v) is 3.22. The van der Waals surface area contributed by atoms with E-state index in [1.807, 2.05) is 28.8 Å². The van der Waals surface area contributed by atoms with Crippen molar-refractivity contribution < 1.29 is 0 Å². The summed E-state index contributed by atoms with van der Waals surface area (Å²) in [5.74, 6) is 0.807. The van der Waals surface area contributed by atoms with Gasteiger partial charge in [0.2, 0.25) is 0 Å². The summed E-state index contributed by atoms with van der Waals surface area (Å²) in [6.45, 7) is 0. The van der Waals surface area contributed by atoms with E-state index in [2.05, 4.69) is 15.3 Å². The second-order valence-electron chi connectivity index (χ2n) is 5.89. The zero-order valence-electron chi connectivity index (χ0n) is 12.6. The van der Waals surface area contributed by atoms with Crippen molar-refractivity contribution in [3.63, 3.8) is 0 Å². The van der Waals surface area contributed by atoms with Crippen LogP contribution in [0, 0.1) is 0 Å². The molecule has 1 N–H and O–H groups in total. The van der Waals surface area contributed by atoms with Crippen LogP contribution < -0.4 is 11.0 Å². The van der Waals surface area contributed by atoms with Gasteiger partial charge in [-0.15, -0.1) is 0 Å². The molecular formula is C16H16ClN5O. The molecule has 1 saturated carbocycles. The third-order valence-electron chi connectivity index (χ3n) is 4.41. The largest absolute Gasteiger partial charge is 0.367 e. The van der Waals surface area contributed by atoms with Crippen LogP contribution in [0.4, 0.5) is 5.82 Å². The van der Waals surface area contributed by atoms with Crippen LogP contribution in [-0.2, 0) is 7.05 Å². The first-order valence-corrected chi connectivity index (χ1v) is 7.91. The number of hydrogen-bond donors (Lipinski definition) is 1. The highest BCUT2D eigenvalue weighted by Crippen LogP contribution is 2.34. The number of rotatable bonds is 3. The van der Waals surface area contributed by atoms with Gasteiger partial charge in [0.15, 0.2) is 5.65 Å². The quantitative estimate of drug-likeness (QED) is 0.802. The Labute approximate surface area is 137 Å². The predicted molar refractivity (Wildman–Crippen MR) is 89.9 cm³/mol. The number of nitrogens with zero attached hydrogens (tertiary/aromatic N) is 4. The van der Waals surface area contributed by atoms with Gasteiger partial charge in [0.25, 0.3) is 0 Å². The van der Waals surface area contributed by atoms with Gasteiger partial charge >= 0.3 is 5.69 Å². The number of anilines is 1. The van der Waals surface area contributed by atoms with Gasteiger partial charge in [-0.25, -0.2) is 14.8 Å². The number of aryl methyl sites for hydroxylation is 1. The van der Waals surface area contributed by atoms with E-state index in [4.69, 9.17) is 11.6 Å². The second-order valence-corrected chi connectivity index (χ2v) is 6.32. The lowest BCUT2D eigenvalue weighted by Crippen LogP contribution is -2.41. The van der Waals surface area contributed by atoms with Crippen molar-refractivity contribution in [3.8, 4) is 0 Å². The first kappa shape index (κ1) is 14.3. The Kier molecular flexibility index (Phi) is 3.34. The zero-order chi connectivity index (χ0) is 16.0. The molecule has 0 bridgehead atoms. The number of halogens is 1. The summed E-state index contributed by atoms with van der Waals surface area (Å²) < 4.78 is 3.46. The zero-order valence-corrected chi connectivity index (χ0v) is 13.4. The molecule has 0 radical (unpaired) electrons. The Morgan fingerprint density at radius 2 is 2.09 bits per heavy atom. The highest BCUT2D eigenvalue weighted by atomic mass is 35.5. The van der Waals surface area contributed by atoms with Crippen molar-refractivity contribution in [3.05, 3.63) is 52.2 Å². The summed E-state index contributed by atoms with van der Waals surface area (Å²) in [4.78, 5) is 21.1. The first-order chi connectivity index (χ1) is 11.1. The predicted octanol–water partition coefficient (Wildman–Crippen LogP) is 2.60. The van der Waals surface area contributed by atoms with Crippen LogP contribution >= 0.6 is 11.6 Å². The molecule has 3 heterocycles. The van der Waals surface area contributed by atoms with Gasteiger partial charge in [-0.2, -0.15) is 0 Å². The van der Waals surface area contributed by atoms with Gasteiger partial charge < -0.3 is 5.32 Å². The number of hydrogen-bond acceptors (Lipinski definition) is 4. The van der Waals surface area contributed by atoms with Gasteiger partial charge in [-0.1, -0.05) is 11.6 Å². The van der Waals surface area contributed by atoms with Crippen LogP contribution in [0.15, 0.2) is 41.5 Å². The van der Waals surface area contributed by atoms with Gasteiger partial charge in [0.05, 0.1) is 10.5 Å². The summed E-state index contributed by atoms with van der Waals surface area (Å²) in [5.41, 5.74) is 1.62. The van der Waals surface area contributed by atoms with Crippen molar-refractivity contribution in [2.75, 3.05) is 5.32 Å². The van der Waals surface area contributed by atoms with Crippen molar-refractivity contribution in [2.24, 2.45) is 7.05 Å². The van der Waals surface area contributed by atoms with E-state index in [0.717, 1.165) is 29.8 Å². The summed E-state index contributed by atoms with van der Waals surface area (Å²) in [6.07, 6.45) is 5.10. The molecule has 0 aromatic carbocycles. The summed E-state index contributed by atoms with van der Waals surface area (Å²) in [6, 6.07) is 7.92. The van der Waals surface area contributed by atoms with Gasteiger partial charge in [0, 0.05) is 31.5 Å². The smallest absolute Gasteiger partial charge is 0.330 e. The molecule has 0 spiro atoms. The second kappa shape index (κ2) is 5.38. The maximum absolute atomic E-state index is 12.5. The van der Waals surface area contributed by atoms with Crippen LogP contribution in [0.3, 0.4) is 0 Å². The minimum atomic E-state index is -0.00762. The molecule has 4 rings (SSSR count). The fraction of sp³-hybridized carbons (Fsp3) is 0.312. The van der Waals surface area contributed by atoms with Crippen LogP contribution in [0.1, 0.15) is 18.9 Å². The highest BCUT2D eigenvalue weighted by Gasteiger charge is 2.33. The van der Waals surface area contributed by atoms with E-state index in [1.54, 1.807) is 24.0 Å². The lowest BCUT2D eigenvalue weighted by Gasteiger charge is -2.36. The van der Waals surface area contributed by atoms with Crippen molar-refractivity contribution in [1.29, 1.82) is 0 Å². The standard InChI is InChI=1S/C16H16ClN5O/c1-21-13-3-2-6-18-15(13)22(16(21)23)12-7-11(8-12)20-14-5-4-10(17)9-19-14/h2-6,9,11-12H,7-8H2,1H3,(H,19,20)/t11-,12-. The number of aromatic nitrogens is 4. The van der Waals surface area contributed by atoms with E-state index in [-0.39, 0.29) is 11.7 Å². The SMILES string of the molecule is Cn1c(=O)n([C@H]2C[C@H](Nc3ccc(Cl)cn3)C2)c2ncccc21. The van der Waals surface area contributed by atoms with Crippen molar-refractivity contribution >= 4 is 28.6 Å². The topological polar surface area (TPSA) is 64.7 Å². The molecule has 0 aliphatic heterocycles. The van der Waals surface area contributed by atoms with Crippen LogP contribution in [0.2, 0.25) is 5.02 Å². The minimum Gasteiger partial charge on any atom is -0.367 e. The van der Waals surface area contributed by atoms with E-state index < -0.39 is 0 Å².